The van der Waals surface area contributed by atoms with Gasteiger partial charge >= 0.3 is 5.97 Å². The molecule has 1 aromatic heterocycles. The van der Waals surface area contributed by atoms with E-state index in [1.807, 2.05) is 11.6 Å². The number of carbonyl (C=O) groups excluding carboxylic acids is 1. The molecule has 0 saturated carbocycles. The van der Waals surface area contributed by atoms with Gasteiger partial charge in [-0.1, -0.05) is 32.9 Å². The summed E-state index contributed by atoms with van der Waals surface area (Å²) in [5, 5.41) is 16.1. The van der Waals surface area contributed by atoms with Gasteiger partial charge in [0.25, 0.3) is 5.91 Å². The maximum atomic E-state index is 12.4. The van der Waals surface area contributed by atoms with Crippen molar-refractivity contribution in [3.05, 3.63) is 52.8 Å². The molecule has 1 amide bonds. The van der Waals surface area contributed by atoms with Gasteiger partial charge in [-0.05, 0) is 30.0 Å². The Kier molecular flexibility index (Phi) is 5.73. The molecule has 0 fully saturated rings. The Morgan fingerprint density at radius 3 is 2.46 bits per heavy atom. The number of nitrogens with zero attached hydrogens (tertiary/aromatic N) is 2. The molecule has 0 unspecified atom stereocenters. The van der Waals surface area contributed by atoms with Crippen molar-refractivity contribution in [2.24, 2.45) is 5.92 Å². The van der Waals surface area contributed by atoms with E-state index < -0.39 is 5.97 Å². The third-order valence-corrected chi connectivity index (χ3v) is 3.72. The average molecular weight is 329 g/mol. The van der Waals surface area contributed by atoms with E-state index in [-0.39, 0.29) is 11.5 Å². The molecular weight excluding hydrogens is 306 g/mol. The number of nitrogens with one attached hydrogen (secondary N) is 1. The number of hydrogen-bond donors (Lipinski definition) is 2. The number of carboxylic acids is 1. The van der Waals surface area contributed by atoms with Crippen LogP contribution in [0.5, 0.6) is 0 Å². The summed E-state index contributed by atoms with van der Waals surface area (Å²) < 4.78 is 1.89. The fourth-order valence-corrected chi connectivity index (χ4v) is 2.52. The molecule has 2 aromatic rings. The monoisotopic (exact) mass is 329 g/mol. The van der Waals surface area contributed by atoms with Crippen LogP contribution in [0.25, 0.3) is 0 Å². The van der Waals surface area contributed by atoms with E-state index in [4.69, 9.17) is 5.11 Å². The van der Waals surface area contributed by atoms with Gasteiger partial charge in [0.15, 0.2) is 0 Å². The Morgan fingerprint density at radius 1 is 1.25 bits per heavy atom. The van der Waals surface area contributed by atoms with Gasteiger partial charge in [-0.15, -0.1) is 0 Å². The van der Waals surface area contributed by atoms with Crippen molar-refractivity contribution < 1.29 is 14.7 Å². The zero-order valence-electron chi connectivity index (χ0n) is 14.2. The Bertz CT molecular complexity index is 718. The number of carbonyl (C=O) groups is 2. The zero-order valence-corrected chi connectivity index (χ0v) is 14.2. The number of amides is 1. The van der Waals surface area contributed by atoms with Crippen LogP contribution in [0.1, 0.15) is 52.7 Å². The Labute approximate surface area is 141 Å². The molecule has 2 N–H and O–H groups in total. The lowest BCUT2D eigenvalue weighted by atomic mass is 10.1. The molecule has 0 aliphatic carbocycles. The van der Waals surface area contributed by atoms with Crippen LogP contribution in [0.4, 0.5) is 0 Å². The lowest BCUT2D eigenvalue weighted by Crippen LogP contribution is -2.24. The second-order valence-corrected chi connectivity index (χ2v) is 6.12. The average Bonchev–Trinajstić information content (AvgIpc) is 2.94. The molecule has 0 bridgehead atoms. The molecule has 0 aliphatic heterocycles. The predicted molar refractivity (Wildman–Crippen MR) is 91.0 cm³/mol. The third kappa shape index (κ3) is 4.22. The van der Waals surface area contributed by atoms with E-state index in [1.54, 1.807) is 18.3 Å². The highest BCUT2D eigenvalue weighted by molar-refractivity contribution is 5.95. The van der Waals surface area contributed by atoms with Crippen LogP contribution in [-0.4, -0.2) is 26.8 Å². The molecule has 128 valence electrons. The van der Waals surface area contributed by atoms with Crippen molar-refractivity contribution in [2.45, 2.75) is 40.3 Å². The molecule has 6 heteroatoms. The molecule has 0 aliphatic rings. The molecule has 0 radical (unpaired) electrons. The molecule has 0 spiro atoms. The number of rotatable bonds is 7. The van der Waals surface area contributed by atoms with E-state index in [0.29, 0.717) is 18.0 Å². The second-order valence-electron chi connectivity index (χ2n) is 6.12. The highest BCUT2D eigenvalue weighted by Gasteiger charge is 2.16. The summed E-state index contributed by atoms with van der Waals surface area (Å²) in [4.78, 5) is 23.2. The van der Waals surface area contributed by atoms with Crippen LogP contribution in [0, 0.1) is 5.92 Å². The SMILES string of the molecule is CCc1c(C(=O)NCc2ccc(C(=O)O)cc2)cnn1CC(C)C. The van der Waals surface area contributed by atoms with E-state index in [1.165, 1.54) is 12.1 Å². The zero-order chi connectivity index (χ0) is 17.7. The van der Waals surface area contributed by atoms with Crippen LogP contribution in [0.2, 0.25) is 0 Å². The van der Waals surface area contributed by atoms with Crippen molar-refractivity contribution >= 4 is 11.9 Å². The van der Waals surface area contributed by atoms with Crippen molar-refractivity contribution in [1.29, 1.82) is 0 Å². The summed E-state index contributed by atoms with van der Waals surface area (Å²) in [7, 11) is 0. The summed E-state index contributed by atoms with van der Waals surface area (Å²) in [6.45, 7) is 7.36. The van der Waals surface area contributed by atoms with Crippen molar-refractivity contribution in [2.75, 3.05) is 0 Å². The molecule has 1 heterocycles. The smallest absolute Gasteiger partial charge is 0.335 e. The first-order valence-corrected chi connectivity index (χ1v) is 8.07. The fraction of sp³-hybridized carbons (Fsp3) is 0.389. The first kappa shape index (κ1) is 17.7. The fourth-order valence-electron chi connectivity index (χ4n) is 2.52. The molecule has 1 aromatic carbocycles. The summed E-state index contributed by atoms with van der Waals surface area (Å²) >= 11 is 0. The van der Waals surface area contributed by atoms with Gasteiger partial charge in [0, 0.05) is 13.1 Å². The molecule has 24 heavy (non-hydrogen) atoms. The van der Waals surface area contributed by atoms with Crippen LogP contribution < -0.4 is 5.32 Å². The van der Waals surface area contributed by atoms with E-state index in [9.17, 15) is 9.59 Å². The first-order chi connectivity index (χ1) is 11.4. The summed E-state index contributed by atoms with van der Waals surface area (Å²) in [6, 6.07) is 6.46. The summed E-state index contributed by atoms with van der Waals surface area (Å²) in [6.07, 6.45) is 2.35. The number of aromatic carboxylic acids is 1. The van der Waals surface area contributed by atoms with Gasteiger partial charge in [-0.2, -0.15) is 5.10 Å². The lowest BCUT2D eigenvalue weighted by Gasteiger charge is -2.10. The van der Waals surface area contributed by atoms with E-state index in [2.05, 4.69) is 24.3 Å². The predicted octanol–water partition coefficient (Wildman–Crippen LogP) is 2.73. The second kappa shape index (κ2) is 7.77. The van der Waals surface area contributed by atoms with E-state index in [0.717, 1.165) is 24.2 Å². The van der Waals surface area contributed by atoms with Crippen molar-refractivity contribution in [3.63, 3.8) is 0 Å². The Balaban J connectivity index is 2.04. The molecular formula is C18H23N3O3. The number of benzene rings is 1. The quantitative estimate of drug-likeness (QED) is 0.818. The van der Waals surface area contributed by atoms with Gasteiger partial charge in [0.1, 0.15) is 0 Å². The number of carboxylic acid groups (broad SMARTS) is 1. The highest BCUT2D eigenvalue weighted by Crippen LogP contribution is 2.12. The molecule has 0 saturated heterocycles. The van der Waals surface area contributed by atoms with Crippen LogP contribution in [0.3, 0.4) is 0 Å². The molecule has 6 nitrogen and oxygen atoms in total. The Hall–Kier alpha value is -2.63. The minimum atomic E-state index is -0.962. The van der Waals surface area contributed by atoms with Crippen LogP contribution in [-0.2, 0) is 19.5 Å². The van der Waals surface area contributed by atoms with E-state index >= 15 is 0 Å². The van der Waals surface area contributed by atoms with Gasteiger partial charge in [-0.3, -0.25) is 9.48 Å². The van der Waals surface area contributed by atoms with Crippen molar-refractivity contribution in [1.82, 2.24) is 15.1 Å². The first-order valence-electron chi connectivity index (χ1n) is 8.07. The number of hydrogen-bond acceptors (Lipinski definition) is 3. The number of aromatic nitrogens is 2. The van der Waals surface area contributed by atoms with Crippen molar-refractivity contribution in [3.8, 4) is 0 Å². The largest absolute Gasteiger partial charge is 0.478 e. The maximum Gasteiger partial charge on any atom is 0.335 e. The van der Waals surface area contributed by atoms with Crippen LogP contribution in [0.15, 0.2) is 30.5 Å². The Morgan fingerprint density at radius 2 is 1.92 bits per heavy atom. The lowest BCUT2D eigenvalue weighted by molar-refractivity contribution is 0.0696. The minimum Gasteiger partial charge on any atom is -0.478 e. The van der Waals surface area contributed by atoms with Gasteiger partial charge < -0.3 is 10.4 Å². The summed E-state index contributed by atoms with van der Waals surface area (Å²) in [5.74, 6) is -0.668. The highest BCUT2D eigenvalue weighted by atomic mass is 16.4. The van der Waals surface area contributed by atoms with Crippen LogP contribution >= 0.6 is 0 Å². The van der Waals surface area contributed by atoms with Gasteiger partial charge in [0.05, 0.1) is 23.0 Å². The topological polar surface area (TPSA) is 84.2 Å². The normalized spacial score (nSPS) is 10.8. The third-order valence-electron chi connectivity index (χ3n) is 3.72. The van der Waals surface area contributed by atoms with Gasteiger partial charge in [0.2, 0.25) is 0 Å². The molecule has 2 rings (SSSR count). The van der Waals surface area contributed by atoms with Gasteiger partial charge in [-0.25, -0.2) is 4.79 Å². The maximum absolute atomic E-state index is 12.4. The standard InChI is InChI=1S/C18H23N3O3/c1-4-16-15(10-20-21(16)11-12(2)3)17(22)19-9-13-5-7-14(8-6-13)18(23)24/h5-8,10,12H,4,9,11H2,1-3H3,(H,19,22)(H,23,24). The summed E-state index contributed by atoms with van der Waals surface area (Å²) in [5.41, 5.74) is 2.61. The minimum absolute atomic E-state index is 0.163. The molecule has 0 atom stereocenters.